The SMILES string of the molecule is CC(=O)c1cc(F)ccc1OCCOc1ccc(F)cc1. The normalized spacial score (nSPS) is 10.2. The topological polar surface area (TPSA) is 35.5 Å². The molecular formula is C16H14F2O3. The van der Waals surface area contributed by atoms with Crippen molar-refractivity contribution in [2.24, 2.45) is 0 Å². The third kappa shape index (κ3) is 4.27. The Balaban J connectivity index is 1.89. The highest BCUT2D eigenvalue weighted by atomic mass is 19.1. The van der Waals surface area contributed by atoms with Crippen molar-refractivity contribution in [3.05, 3.63) is 59.7 Å². The van der Waals surface area contributed by atoms with Gasteiger partial charge in [-0.25, -0.2) is 8.78 Å². The third-order valence-corrected chi connectivity index (χ3v) is 2.74. The molecule has 2 aromatic rings. The molecule has 0 atom stereocenters. The fourth-order valence-corrected chi connectivity index (χ4v) is 1.75. The maximum atomic E-state index is 13.1. The second-order valence-electron chi connectivity index (χ2n) is 4.35. The Morgan fingerprint density at radius 1 is 0.952 bits per heavy atom. The van der Waals surface area contributed by atoms with Crippen LogP contribution in [-0.2, 0) is 0 Å². The van der Waals surface area contributed by atoms with Crippen molar-refractivity contribution in [2.45, 2.75) is 6.92 Å². The van der Waals surface area contributed by atoms with Crippen molar-refractivity contribution in [3.8, 4) is 11.5 Å². The van der Waals surface area contributed by atoms with Gasteiger partial charge in [-0.3, -0.25) is 4.79 Å². The van der Waals surface area contributed by atoms with Gasteiger partial charge in [0.2, 0.25) is 0 Å². The van der Waals surface area contributed by atoms with Gasteiger partial charge in [0.25, 0.3) is 0 Å². The Labute approximate surface area is 121 Å². The predicted octanol–water partition coefficient (Wildman–Crippen LogP) is 3.63. The first-order chi connectivity index (χ1) is 10.1. The summed E-state index contributed by atoms with van der Waals surface area (Å²) in [6.07, 6.45) is 0. The van der Waals surface area contributed by atoms with E-state index in [0.29, 0.717) is 11.5 Å². The summed E-state index contributed by atoms with van der Waals surface area (Å²) in [5, 5.41) is 0. The van der Waals surface area contributed by atoms with Gasteiger partial charge in [-0.15, -0.1) is 0 Å². The van der Waals surface area contributed by atoms with Crippen molar-refractivity contribution in [3.63, 3.8) is 0 Å². The lowest BCUT2D eigenvalue weighted by molar-refractivity contribution is 0.101. The largest absolute Gasteiger partial charge is 0.490 e. The van der Waals surface area contributed by atoms with Crippen LogP contribution in [0.1, 0.15) is 17.3 Å². The Morgan fingerprint density at radius 2 is 1.57 bits per heavy atom. The molecule has 0 heterocycles. The second-order valence-corrected chi connectivity index (χ2v) is 4.35. The standard InChI is InChI=1S/C16H14F2O3/c1-11(19)15-10-13(18)4-7-16(15)21-9-8-20-14-5-2-12(17)3-6-14/h2-7,10H,8-9H2,1H3. The zero-order valence-electron chi connectivity index (χ0n) is 11.4. The molecule has 0 bridgehead atoms. The fourth-order valence-electron chi connectivity index (χ4n) is 1.75. The molecule has 0 fully saturated rings. The second kappa shape index (κ2) is 6.83. The first-order valence-electron chi connectivity index (χ1n) is 6.38. The van der Waals surface area contributed by atoms with Crippen LogP contribution in [0.2, 0.25) is 0 Å². The van der Waals surface area contributed by atoms with Crippen LogP contribution < -0.4 is 9.47 Å². The summed E-state index contributed by atoms with van der Waals surface area (Å²) in [7, 11) is 0. The number of ether oxygens (including phenoxy) is 2. The zero-order valence-corrected chi connectivity index (χ0v) is 11.4. The van der Waals surface area contributed by atoms with Crippen molar-refractivity contribution in [2.75, 3.05) is 13.2 Å². The van der Waals surface area contributed by atoms with E-state index in [9.17, 15) is 13.6 Å². The minimum Gasteiger partial charge on any atom is -0.490 e. The van der Waals surface area contributed by atoms with E-state index in [1.807, 2.05) is 0 Å². The van der Waals surface area contributed by atoms with E-state index >= 15 is 0 Å². The molecule has 0 saturated carbocycles. The molecule has 0 aliphatic carbocycles. The predicted molar refractivity (Wildman–Crippen MR) is 73.8 cm³/mol. The third-order valence-electron chi connectivity index (χ3n) is 2.74. The summed E-state index contributed by atoms with van der Waals surface area (Å²) >= 11 is 0. The first-order valence-corrected chi connectivity index (χ1v) is 6.38. The molecule has 5 heteroatoms. The molecule has 0 unspecified atom stereocenters. The zero-order chi connectivity index (χ0) is 15.2. The van der Waals surface area contributed by atoms with Crippen molar-refractivity contribution >= 4 is 5.78 Å². The molecule has 0 aromatic heterocycles. The van der Waals surface area contributed by atoms with Gasteiger partial charge in [-0.05, 0) is 49.4 Å². The summed E-state index contributed by atoms with van der Waals surface area (Å²) in [5.41, 5.74) is 0.191. The number of hydrogen-bond donors (Lipinski definition) is 0. The minimum absolute atomic E-state index is 0.184. The molecule has 0 aliphatic heterocycles. The molecule has 110 valence electrons. The van der Waals surface area contributed by atoms with Gasteiger partial charge in [-0.2, -0.15) is 0 Å². The Hall–Kier alpha value is -2.43. The van der Waals surface area contributed by atoms with Crippen LogP contribution in [0.3, 0.4) is 0 Å². The number of hydrogen-bond acceptors (Lipinski definition) is 3. The fraction of sp³-hybridized carbons (Fsp3) is 0.188. The van der Waals surface area contributed by atoms with Crippen LogP contribution in [0.25, 0.3) is 0 Å². The number of rotatable bonds is 6. The van der Waals surface area contributed by atoms with Crippen molar-refractivity contribution < 1.29 is 23.0 Å². The van der Waals surface area contributed by atoms with Crippen LogP contribution in [0.15, 0.2) is 42.5 Å². The van der Waals surface area contributed by atoms with E-state index in [4.69, 9.17) is 9.47 Å². The van der Waals surface area contributed by atoms with E-state index < -0.39 is 5.82 Å². The highest BCUT2D eigenvalue weighted by Crippen LogP contribution is 2.20. The molecule has 3 nitrogen and oxygen atoms in total. The molecule has 0 aliphatic rings. The van der Waals surface area contributed by atoms with Crippen molar-refractivity contribution in [1.29, 1.82) is 0 Å². The molecule has 0 saturated heterocycles. The molecule has 0 spiro atoms. The smallest absolute Gasteiger partial charge is 0.163 e. The Kier molecular flexibility index (Phi) is 4.87. The van der Waals surface area contributed by atoms with E-state index in [1.165, 1.54) is 43.3 Å². The van der Waals surface area contributed by atoms with Gasteiger partial charge in [0.15, 0.2) is 5.78 Å². The Bertz CT molecular complexity index is 624. The molecule has 21 heavy (non-hydrogen) atoms. The highest BCUT2D eigenvalue weighted by molar-refractivity contribution is 5.96. The van der Waals surface area contributed by atoms with Gasteiger partial charge in [0.1, 0.15) is 36.3 Å². The molecule has 0 amide bonds. The lowest BCUT2D eigenvalue weighted by Gasteiger charge is -2.11. The van der Waals surface area contributed by atoms with Crippen LogP contribution in [0.5, 0.6) is 11.5 Å². The molecule has 2 aromatic carbocycles. The van der Waals surface area contributed by atoms with E-state index in [2.05, 4.69) is 0 Å². The summed E-state index contributed by atoms with van der Waals surface area (Å²) in [4.78, 5) is 11.4. The van der Waals surface area contributed by atoms with Gasteiger partial charge in [0, 0.05) is 0 Å². The number of carbonyl (C=O) groups is 1. The molecule has 2 rings (SSSR count). The summed E-state index contributed by atoms with van der Waals surface area (Å²) in [6.45, 7) is 1.75. The van der Waals surface area contributed by atoms with Gasteiger partial charge in [0.05, 0.1) is 5.56 Å². The maximum Gasteiger partial charge on any atom is 0.163 e. The molecule has 0 N–H and O–H groups in total. The van der Waals surface area contributed by atoms with Gasteiger partial charge in [-0.1, -0.05) is 0 Å². The van der Waals surface area contributed by atoms with Crippen LogP contribution in [-0.4, -0.2) is 19.0 Å². The minimum atomic E-state index is -0.491. The van der Waals surface area contributed by atoms with E-state index in [-0.39, 0.29) is 30.4 Å². The quantitative estimate of drug-likeness (QED) is 0.602. The van der Waals surface area contributed by atoms with Gasteiger partial charge < -0.3 is 9.47 Å². The Morgan fingerprint density at radius 3 is 2.24 bits per heavy atom. The summed E-state index contributed by atoms with van der Waals surface area (Å²) in [6, 6.07) is 9.38. The van der Waals surface area contributed by atoms with E-state index in [0.717, 1.165) is 6.07 Å². The van der Waals surface area contributed by atoms with Gasteiger partial charge >= 0.3 is 0 Å². The average Bonchev–Trinajstić information content (AvgIpc) is 2.46. The van der Waals surface area contributed by atoms with Crippen molar-refractivity contribution in [1.82, 2.24) is 0 Å². The number of carbonyl (C=O) groups excluding carboxylic acids is 1. The number of benzene rings is 2. The molecular weight excluding hydrogens is 278 g/mol. The van der Waals surface area contributed by atoms with Crippen LogP contribution in [0.4, 0.5) is 8.78 Å². The highest BCUT2D eigenvalue weighted by Gasteiger charge is 2.09. The number of halogens is 2. The summed E-state index contributed by atoms with van der Waals surface area (Å²) in [5.74, 6) is -0.271. The van der Waals surface area contributed by atoms with E-state index in [1.54, 1.807) is 0 Å². The lowest BCUT2D eigenvalue weighted by Crippen LogP contribution is -2.11. The number of Topliss-reactive ketones (excluding diaryl/α,β-unsaturated/α-hetero) is 1. The first kappa shape index (κ1) is 15.0. The monoisotopic (exact) mass is 292 g/mol. The summed E-state index contributed by atoms with van der Waals surface area (Å²) < 4.78 is 36.6. The maximum absolute atomic E-state index is 13.1. The average molecular weight is 292 g/mol. The lowest BCUT2D eigenvalue weighted by atomic mass is 10.1. The number of ketones is 1. The molecule has 0 radical (unpaired) electrons. The van der Waals surface area contributed by atoms with Crippen LogP contribution in [0, 0.1) is 11.6 Å². The van der Waals surface area contributed by atoms with Crippen LogP contribution >= 0.6 is 0 Å².